The van der Waals surface area contributed by atoms with E-state index in [2.05, 4.69) is 11.8 Å². The Balaban J connectivity index is 1.47. The number of phenolic OH excluding ortho intramolecular Hbond substituents is 1. The Kier molecular flexibility index (Phi) is 7.60. The molecule has 2 atom stereocenters. The highest BCUT2D eigenvalue weighted by molar-refractivity contribution is 6.30. The summed E-state index contributed by atoms with van der Waals surface area (Å²) in [6, 6.07) is 20.7. The quantitative estimate of drug-likeness (QED) is 0.457. The van der Waals surface area contributed by atoms with E-state index in [1.807, 2.05) is 48.5 Å². The molecular formula is C27H28ClNO5. The number of ether oxygens (including phenoxy) is 2. The molecule has 0 aromatic heterocycles. The minimum atomic E-state index is -1.00. The number of phenols is 1. The molecule has 0 radical (unpaired) electrons. The van der Waals surface area contributed by atoms with Gasteiger partial charge in [0.05, 0.1) is 18.4 Å². The van der Waals surface area contributed by atoms with E-state index in [0.717, 1.165) is 28.8 Å². The zero-order valence-electron chi connectivity index (χ0n) is 19.0. The number of hydrogen-bond acceptors (Lipinski definition) is 5. The van der Waals surface area contributed by atoms with Crippen LogP contribution < -0.4 is 9.64 Å². The maximum absolute atomic E-state index is 10.8. The number of morpholine rings is 1. The van der Waals surface area contributed by atoms with E-state index in [9.17, 15) is 9.90 Å². The average molecular weight is 482 g/mol. The Bertz CT molecular complexity index is 1130. The molecule has 0 bridgehead atoms. The predicted octanol–water partition coefficient (Wildman–Crippen LogP) is 5.26. The van der Waals surface area contributed by atoms with Gasteiger partial charge in [0.25, 0.3) is 0 Å². The molecule has 1 aliphatic rings. The van der Waals surface area contributed by atoms with Crippen LogP contribution in [0.25, 0.3) is 11.1 Å². The number of nitrogens with zero attached hydrogens (tertiary/aromatic N) is 1. The van der Waals surface area contributed by atoms with Gasteiger partial charge in [-0.05, 0) is 53.8 Å². The van der Waals surface area contributed by atoms with Crippen LogP contribution in [-0.4, -0.2) is 48.6 Å². The van der Waals surface area contributed by atoms with Gasteiger partial charge in [-0.3, -0.25) is 0 Å². The third-order valence-electron chi connectivity index (χ3n) is 6.04. The molecule has 1 heterocycles. The van der Waals surface area contributed by atoms with Gasteiger partial charge in [0.2, 0.25) is 0 Å². The molecule has 178 valence electrons. The van der Waals surface area contributed by atoms with Crippen molar-refractivity contribution >= 4 is 23.3 Å². The van der Waals surface area contributed by atoms with E-state index in [4.69, 9.17) is 26.2 Å². The van der Waals surface area contributed by atoms with Crippen molar-refractivity contribution in [3.05, 3.63) is 77.3 Å². The third-order valence-corrected chi connectivity index (χ3v) is 6.27. The second kappa shape index (κ2) is 10.8. The van der Waals surface area contributed by atoms with Crippen molar-refractivity contribution in [1.82, 2.24) is 0 Å². The number of benzene rings is 3. The molecule has 2 N–H and O–H groups in total. The maximum atomic E-state index is 10.8. The molecule has 1 aliphatic heterocycles. The lowest BCUT2D eigenvalue weighted by Crippen LogP contribution is -2.46. The first-order valence-electron chi connectivity index (χ1n) is 11.3. The summed E-state index contributed by atoms with van der Waals surface area (Å²) >= 11 is 6.23. The first kappa shape index (κ1) is 23.9. The van der Waals surface area contributed by atoms with Crippen molar-refractivity contribution in [2.75, 3.05) is 31.2 Å². The average Bonchev–Trinajstić information content (AvgIpc) is 2.83. The Morgan fingerprint density at radius 3 is 2.68 bits per heavy atom. The molecule has 7 heteroatoms. The van der Waals surface area contributed by atoms with Crippen LogP contribution in [0, 0.1) is 5.92 Å². The number of hydrogen-bond donors (Lipinski definition) is 2. The van der Waals surface area contributed by atoms with E-state index in [0.29, 0.717) is 30.5 Å². The lowest BCUT2D eigenvalue weighted by molar-refractivity contribution is -0.139. The highest BCUT2D eigenvalue weighted by atomic mass is 35.5. The molecule has 2 unspecified atom stereocenters. The van der Waals surface area contributed by atoms with Gasteiger partial charge in [-0.25, -0.2) is 4.79 Å². The van der Waals surface area contributed by atoms with E-state index >= 15 is 0 Å². The van der Waals surface area contributed by atoms with E-state index < -0.39 is 5.97 Å². The monoisotopic (exact) mass is 481 g/mol. The normalized spacial score (nSPS) is 16.8. The van der Waals surface area contributed by atoms with Crippen molar-refractivity contribution < 1.29 is 24.5 Å². The first-order chi connectivity index (χ1) is 16.4. The topological polar surface area (TPSA) is 79.2 Å². The Hall–Kier alpha value is -3.22. The van der Waals surface area contributed by atoms with Gasteiger partial charge in [-0.2, -0.15) is 0 Å². The molecule has 3 aromatic rings. The Morgan fingerprint density at radius 2 is 1.94 bits per heavy atom. The van der Waals surface area contributed by atoms with Crippen LogP contribution in [0.2, 0.25) is 5.02 Å². The van der Waals surface area contributed by atoms with Gasteiger partial charge >= 0.3 is 5.97 Å². The minimum Gasteiger partial charge on any atom is -0.506 e. The summed E-state index contributed by atoms with van der Waals surface area (Å²) in [4.78, 5) is 12.9. The van der Waals surface area contributed by atoms with Crippen LogP contribution >= 0.6 is 11.6 Å². The molecule has 6 nitrogen and oxygen atoms in total. The molecule has 34 heavy (non-hydrogen) atoms. The predicted molar refractivity (Wildman–Crippen MR) is 133 cm³/mol. The summed E-state index contributed by atoms with van der Waals surface area (Å²) < 4.78 is 11.3. The number of aliphatic carboxylic acids is 1. The van der Waals surface area contributed by atoms with Gasteiger partial charge in [-0.15, -0.1) is 0 Å². The fourth-order valence-corrected chi connectivity index (χ4v) is 4.54. The molecule has 3 aromatic carbocycles. The Morgan fingerprint density at radius 1 is 1.18 bits per heavy atom. The van der Waals surface area contributed by atoms with Gasteiger partial charge in [0.15, 0.2) is 6.61 Å². The molecule has 0 spiro atoms. The van der Waals surface area contributed by atoms with Gasteiger partial charge in [-0.1, -0.05) is 54.9 Å². The smallest absolute Gasteiger partial charge is 0.341 e. The number of halogens is 1. The second-order valence-corrected chi connectivity index (χ2v) is 8.98. The number of carboxylic acids is 1. The highest BCUT2D eigenvalue weighted by Gasteiger charge is 2.28. The van der Waals surface area contributed by atoms with Crippen LogP contribution in [0.4, 0.5) is 5.69 Å². The van der Waals surface area contributed by atoms with Crippen LogP contribution in [-0.2, 0) is 16.0 Å². The lowest BCUT2D eigenvalue weighted by Gasteiger charge is -2.38. The van der Waals surface area contributed by atoms with Crippen LogP contribution in [0.3, 0.4) is 0 Å². The van der Waals surface area contributed by atoms with E-state index in [1.165, 1.54) is 0 Å². The van der Waals surface area contributed by atoms with Crippen molar-refractivity contribution in [3.8, 4) is 22.6 Å². The largest absolute Gasteiger partial charge is 0.506 e. The molecule has 1 saturated heterocycles. The zero-order chi connectivity index (χ0) is 24.1. The highest BCUT2D eigenvalue weighted by Crippen LogP contribution is 2.40. The van der Waals surface area contributed by atoms with Gasteiger partial charge < -0.3 is 24.6 Å². The van der Waals surface area contributed by atoms with Crippen molar-refractivity contribution in [2.24, 2.45) is 5.92 Å². The number of carboxylic acid groups (broad SMARTS) is 1. The summed E-state index contributed by atoms with van der Waals surface area (Å²) in [5, 5.41) is 20.2. The van der Waals surface area contributed by atoms with Crippen LogP contribution in [0.1, 0.15) is 12.5 Å². The summed E-state index contributed by atoms with van der Waals surface area (Å²) in [7, 11) is 0. The van der Waals surface area contributed by atoms with Crippen molar-refractivity contribution in [1.29, 1.82) is 0 Å². The molecule has 0 aliphatic carbocycles. The van der Waals surface area contributed by atoms with Gasteiger partial charge in [0.1, 0.15) is 11.5 Å². The maximum Gasteiger partial charge on any atom is 0.341 e. The minimum absolute atomic E-state index is 0.0106. The first-order valence-corrected chi connectivity index (χ1v) is 11.7. The molecule has 4 rings (SSSR count). The summed E-state index contributed by atoms with van der Waals surface area (Å²) in [5.74, 6) is 0.00320. The molecule has 1 fully saturated rings. The van der Waals surface area contributed by atoms with E-state index in [-0.39, 0.29) is 24.4 Å². The van der Waals surface area contributed by atoms with Crippen molar-refractivity contribution in [3.63, 3.8) is 0 Å². The molecular weight excluding hydrogens is 454 g/mol. The summed E-state index contributed by atoms with van der Waals surface area (Å²) in [6.45, 7) is 3.72. The fourth-order valence-electron chi connectivity index (χ4n) is 4.35. The zero-order valence-corrected chi connectivity index (χ0v) is 19.7. The van der Waals surface area contributed by atoms with Crippen LogP contribution in [0.15, 0.2) is 66.7 Å². The number of anilines is 1. The molecule has 0 amide bonds. The van der Waals surface area contributed by atoms with E-state index in [1.54, 1.807) is 18.2 Å². The SMILES string of the molecule is CC(Cc1ccc(OCC(=O)O)cc1)C1CN(c2c(O)cccc2-c2cccc(Cl)c2)CCO1. The molecule has 0 saturated carbocycles. The second-order valence-electron chi connectivity index (χ2n) is 8.55. The number of rotatable bonds is 8. The standard InChI is InChI=1S/C27H28ClNO5/c1-18(14-19-8-10-22(11-9-19)34-17-26(31)32)25-16-29(12-13-33-25)27-23(6-3-7-24(27)30)20-4-2-5-21(28)15-20/h2-11,15,18,25,30H,12-14,16-17H2,1H3,(H,31,32). The third kappa shape index (κ3) is 5.82. The number of para-hydroxylation sites is 1. The number of carbonyl (C=O) groups is 1. The Labute approximate surface area is 204 Å². The number of aromatic hydroxyl groups is 1. The lowest BCUT2D eigenvalue weighted by atomic mass is 9.94. The fraction of sp³-hybridized carbons (Fsp3) is 0.296. The summed E-state index contributed by atoms with van der Waals surface area (Å²) in [6.07, 6.45) is 0.795. The van der Waals surface area contributed by atoms with Gasteiger partial charge in [0, 0.05) is 23.7 Å². The van der Waals surface area contributed by atoms with Crippen LogP contribution in [0.5, 0.6) is 11.5 Å². The van der Waals surface area contributed by atoms with Crippen molar-refractivity contribution in [2.45, 2.75) is 19.4 Å². The summed E-state index contributed by atoms with van der Waals surface area (Å²) in [5.41, 5.74) is 3.82.